The highest BCUT2D eigenvalue weighted by Gasteiger charge is 2.17. The molecule has 9 heteroatoms. The van der Waals surface area contributed by atoms with Gasteiger partial charge in [-0.15, -0.1) is 15.0 Å². The number of aromatic nitrogens is 3. The summed E-state index contributed by atoms with van der Waals surface area (Å²) in [6, 6.07) is -0.616. The number of nitrogens with zero attached hydrogens (tertiary/aromatic N) is 3. The van der Waals surface area contributed by atoms with Gasteiger partial charge < -0.3 is 29.5 Å². The zero-order valence-corrected chi connectivity index (χ0v) is 14.4. The van der Waals surface area contributed by atoms with E-state index in [1.807, 2.05) is 20.8 Å². The quantitative estimate of drug-likeness (QED) is 0.481. The molecule has 0 aliphatic rings. The average Bonchev–Trinajstić information content (AvgIpc) is 2.47. The van der Waals surface area contributed by atoms with Crippen LogP contribution >= 0.6 is 0 Å². The van der Waals surface area contributed by atoms with Crippen molar-refractivity contribution in [2.75, 3.05) is 0 Å². The van der Waals surface area contributed by atoms with Crippen molar-refractivity contribution in [3.63, 3.8) is 0 Å². The van der Waals surface area contributed by atoms with Crippen LogP contribution in [0.5, 0.6) is 18.0 Å². The first-order valence-corrected chi connectivity index (χ1v) is 8.28. The molecule has 9 nitrogen and oxygen atoms in total. The Kier molecular flexibility index (Phi) is 9.28. The van der Waals surface area contributed by atoms with Gasteiger partial charge in [-0.1, -0.05) is 40.0 Å². The largest absolute Gasteiger partial charge is 0.434 e. The molecule has 0 aliphatic carbocycles. The zero-order valence-electron chi connectivity index (χ0n) is 14.4. The molecule has 0 radical (unpaired) electrons. The Balaban J connectivity index is 2.91. The maximum absolute atomic E-state index is 9.71. The van der Waals surface area contributed by atoms with Crippen LogP contribution in [-0.2, 0) is 0 Å². The molecule has 0 spiro atoms. The van der Waals surface area contributed by atoms with E-state index in [1.54, 1.807) is 0 Å². The molecule has 0 aliphatic heterocycles. The highest BCUT2D eigenvalue weighted by molar-refractivity contribution is 5.09. The van der Waals surface area contributed by atoms with Crippen LogP contribution in [-0.4, -0.2) is 49.1 Å². The van der Waals surface area contributed by atoms with Gasteiger partial charge >= 0.3 is 18.0 Å². The van der Waals surface area contributed by atoms with E-state index in [9.17, 15) is 15.3 Å². The van der Waals surface area contributed by atoms with Crippen LogP contribution in [0.1, 0.15) is 59.3 Å². The molecule has 3 unspecified atom stereocenters. The van der Waals surface area contributed by atoms with Gasteiger partial charge in [0.1, 0.15) is 0 Å². The molecule has 1 heterocycles. The van der Waals surface area contributed by atoms with Crippen molar-refractivity contribution in [2.24, 2.45) is 0 Å². The van der Waals surface area contributed by atoms with Crippen molar-refractivity contribution >= 4 is 0 Å². The van der Waals surface area contributed by atoms with Crippen molar-refractivity contribution in [1.29, 1.82) is 0 Å². The summed E-state index contributed by atoms with van der Waals surface area (Å²) in [4.78, 5) is 11.6. The number of hydrogen-bond acceptors (Lipinski definition) is 9. The molecule has 0 saturated heterocycles. The molecule has 0 saturated carbocycles. The van der Waals surface area contributed by atoms with Gasteiger partial charge in [0.25, 0.3) is 0 Å². The normalized spacial score (nSPS) is 14.8. The zero-order chi connectivity index (χ0) is 17.9. The molecule has 0 amide bonds. The Morgan fingerprint density at radius 1 is 0.625 bits per heavy atom. The van der Waals surface area contributed by atoms with Gasteiger partial charge in [-0.2, -0.15) is 0 Å². The molecule has 3 atom stereocenters. The SMILES string of the molecule is CCCC(O)Oc1nc(OC(O)CCC)nc(OC(O)CCC)n1. The van der Waals surface area contributed by atoms with Crippen molar-refractivity contribution in [3.8, 4) is 18.0 Å². The lowest BCUT2D eigenvalue weighted by molar-refractivity contribution is -0.0474. The minimum atomic E-state index is -1.08. The second kappa shape index (κ2) is 11.0. The second-order valence-corrected chi connectivity index (χ2v) is 5.27. The van der Waals surface area contributed by atoms with E-state index in [2.05, 4.69) is 15.0 Å². The van der Waals surface area contributed by atoms with Gasteiger partial charge in [-0.25, -0.2) is 0 Å². The summed E-state index contributed by atoms with van der Waals surface area (Å²) >= 11 is 0. The van der Waals surface area contributed by atoms with Crippen molar-refractivity contribution in [3.05, 3.63) is 0 Å². The van der Waals surface area contributed by atoms with Crippen LogP contribution < -0.4 is 14.2 Å². The van der Waals surface area contributed by atoms with E-state index in [1.165, 1.54) is 0 Å². The lowest BCUT2D eigenvalue weighted by Gasteiger charge is -2.16. The fourth-order valence-corrected chi connectivity index (χ4v) is 1.76. The number of aliphatic hydroxyl groups is 3. The highest BCUT2D eigenvalue weighted by Crippen LogP contribution is 2.19. The van der Waals surface area contributed by atoms with E-state index >= 15 is 0 Å². The van der Waals surface area contributed by atoms with E-state index in [0.29, 0.717) is 38.5 Å². The fraction of sp³-hybridized carbons (Fsp3) is 0.800. The lowest BCUT2D eigenvalue weighted by atomic mass is 10.3. The fourth-order valence-electron chi connectivity index (χ4n) is 1.76. The molecule has 0 fully saturated rings. The third kappa shape index (κ3) is 7.71. The summed E-state index contributed by atoms with van der Waals surface area (Å²) in [5.74, 6) is 0. The first-order chi connectivity index (χ1) is 11.5. The third-order valence-corrected chi connectivity index (χ3v) is 2.91. The van der Waals surface area contributed by atoms with Gasteiger partial charge in [0, 0.05) is 19.3 Å². The monoisotopic (exact) mass is 345 g/mol. The number of aliphatic hydroxyl groups excluding tert-OH is 3. The predicted molar refractivity (Wildman–Crippen MR) is 84.5 cm³/mol. The Morgan fingerprint density at radius 2 is 0.875 bits per heavy atom. The highest BCUT2D eigenvalue weighted by atomic mass is 16.6. The molecule has 3 N–H and O–H groups in total. The van der Waals surface area contributed by atoms with Crippen LogP contribution in [0.25, 0.3) is 0 Å². The maximum atomic E-state index is 9.71. The number of hydrogen-bond donors (Lipinski definition) is 3. The van der Waals surface area contributed by atoms with E-state index in [-0.39, 0.29) is 18.0 Å². The van der Waals surface area contributed by atoms with Gasteiger partial charge in [0.05, 0.1) is 0 Å². The molecule has 0 aromatic carbocycles. The smallest absolute Gasteiger partial charge is 0.328 e. The van der Waals surface area contributed by atoms with Crippen LogP contribution in [0.3, 0.4) is 0 Å². The van der Waals surface area contributed by atoms with Crippen LogP contribution in [0.4, 0.5) is 0 Å². The third-order valence-electron chi connectivity index (χ3n) is 2.91. The second-order valence-electron chi connectivity index (χ2n) is 5.27. The molecule has 1 aromatic heterocycles. The topological polar surface area (TPSA) is 127 Å². The Bertz CT molecular complexity index is 398. The molecule has 1 aromatic rings. The Labute approximate surface area is 141 Å². The van der Waals surface area contributed by atoms with E-state index in [0.717, 1.165) is 0 Å². The van der Waals surface area contributed by atoms with Crippen LogP contribution in [0, 0.1) is 0 Å². The maximum Gasteiger partial charge on any atom is 0.328 e. The first-order valence-electron chi connectivity index (χ1n) is 8.28. The van der Waals surface area contributed by atoms with Crippen molar-refractivity contribution < 1.29 is 29.5 Å². The number of ether oxygens (including phenoxy) is 3. The average molecular weight is 345 g/mol. The molecular weight excluding hydrogens is 318 g/mol. The van der Waals surface area contributed by atoms with E-state index < -0.39 is 18.9 Å². The minimum absolute atomic E-state index is 0.205. The lowest BCUT2D eigenvalue weighted by Crippen LogP contribution is -2.21. The molecule has 24 heavy (non-hydrogen) atoms. The predicted octanol–water partition coefficient (Wildman–Crippen LogP) is 1.36. The van der Waals surface area contributed by atoms with Gasteiger partial charge in [-0.3, -0.25) is 0 Å². The van der Waals surface area contributed by atoms with Crippen molar-refractivity contribution in [1.82, 2.24) is 15.0 Å². The molecule has 1 rings (SSSR count). The summed E-state index contributed by atoms with van der Waals surface area (Å²) in [6.07, 6.45) is 0.0764. The minimum Gasteiger partial charge on any atom is -0.434 e. The van der Waals surface area contributed by atoms with Crippen molar-refractivity contribution in [2.45, 2.75) is 78.2 Å². The van der Waals surface area contributed by atoms with Gasteiger partial charge in [0.15, 0.2) is 0 Å². The Hall–Kier alpha value is -1.71. The van der Waals surface area contributed by atoms with E-state index in [4.69, 9.17) is 14.2 Å². The Morgan fingerprint density at radius 3 is 1.08 bits per heavy atom. The van der Waals surface area contributed by atoms with Gasteiger partial charge in [-0.05, 0) is 0 Å². The van der Waals surface area contributed by atoms with Gasteiger partial charge in [0.2, 0.25) is 18.9 Å². The molecule has 0 bridgehead atoms. The molecular formula is C15H27N3O6. The summed E-state index contributed by atoms with van der Waals surface area (Å²) in [5.41, 5.74) is 0. The standard InChI is InChI=1S/C15H27N3O6/c1-4-7-10(19)22-13-16-14(23-11(20)8-5-2)18-15(17-13)24-12(21)9-6-3/h10-12,19-21H,4-9H2,1-3H3. The van der Waals surface area contributed by atoms with Crippen LogP contribution in [0.15, 0.2) is 0 Å². The summed E-state index contributed by atoms with van der Waals surface area (Å²) < 4.78 is 15.6. The summed E-state index contributed by atoms with van der Waals surface area (Å²) in [6.45, 7) is 5.68. The summed E-state index contributed by atoms with van der Waals surface area (Å²) in [5, 5.41) is 29.1. The number of rotatable bonds is 12. The molecule has 138 valence electrons. The first kappa shape index (κ1) is 20.3. The van der Waals surface area contributed by atoms with Crippen LogP contribution in [0.2, 0.25) is 0 Å². The summed E-state index contributed by atoms with van der Waals surface area (Å²) in [7, 11) is 0.